The minimum absolute atomic E-state index is 0. The third-order valence-corrected chi connectivity index (χ3v) is 1.45. The van der Waals surface area contributed by atoms with Gasteiger partial charge in [0.1, 0.15) is 5.69 Å². The highest BCUT2D eigenvalue weighted by Crippen LogP contribution is 1.91. The van der Waals surface area contributed by atoms with Crippen molar-refractivity contribution in [1.82, 2.24) is 9.55 Å². The second-order valence-electron chi connectivity index (χ2n) is 2.43. The van der Waals surface area contributed by atoms with Gasteiger partial charge in [0.05, 0.1) is 0 Å². The molecule has 0 aliphatic carbocycles. The number of carbonyl (C=O) groups is 1. The molecule has 1 aromatic heterocycles. The lowest BCUT2D eigenvalue weighted by Crippen LogP contribution is -2.22. The van der Waals surface area contributed by atoms with Crippen LogP contribution in [-0.4, -0.2) is 20.6 Å². The maximum atomic E-state index is 11.1. The summed E-state index contributed by atoms with van der Waals surface area (Å²) in [6.07, 6.45) is 1.19. The number of hydrogen-bond acceptors (Lipinski definition) is 3. The van der Waals surface area contributed by atoms with E-state index in [1.165, 1.54) is 24.7 Å². The fourth-order valence-electron chi connectivity index (χ4n) is 0.858. The summed E-state index contributed by atoms with van der Waals surface area (Å²) in [4.78, 5) is 25.1. The number of aromatic carboxylic acids is 1. The normalized spacial score (nSPS) is 9.08. The zero-order valence-corrected chi connectivity index (χ0v) is 7.96. The maximum Gasteiger partial charge on any atom is 0.356 e. The first kappa shape index (κ1) is 11.6. The van der Waals surface area contributed by atoms with Crippen molar-refractivity contribution in [3.05, 3.63) is 27.9 Å². The Bertz CT molecular complexity index is 360. The van der Waals surface area contributed by atoms with Crippen LogP contribution in [-0.2, 0) is 7.05 Å². The molecule has 1 aromatic rings. The molecule has 0 saturated carbocycles. The van der Waals surface area contributed by atoms with Crippen LogP contribution in [0.3, 0.4) is 0 Å². The Balaban J connectivity index is 0.00000144. The Kier molecular flexibility index (Phi) is 3.62. The molecule has 13 heavy (non-hydrogen) atoms. The fraction of sp³-hybridized carbons (Fsp3) is 0.286. The van der Waals surface area contributed by atoms with E-state index in [1.807, 2.05) is 0 Å². The Morgan fingerprint density at radius 3 is 2.54 bits per heavy atom. The Morgan fingerprint density at radius 2 is 2.15 bits per heavy atom. The molecule has 1 rings (SSSR count). The van der Waals surface area contributed by atoms with Crippen LogP contribution in [0.2, 0.25) is 0 Å². The van der Waals surface area contributed by atoms with Crippen LogP contribution < -0.4 is 5.56 Å². The summed E-state index contributed by atoms with van der Waals surface area (Å²) in [7, 11) is 1.49. The molecule has 0 aromatic carbocycles. The van der Waals surface area contributed by atoms with Gasteiger partial charge in [-0.3, -0.25) is 4.79 Å². The number of aromatic nitrogens is 2. The highest BCUT2D eigenvalue weighted by Gasteiger charge is 2.07. The van der Waals surface area contributed by atoms with Crippen LogP contribution in [0.15, 0.2) is 11.0 Å². The second kappa shape index (κ2) is 4.04. The molecule has 0 saturated heterocycles. The van der Waals surface area contributed by atoms with Gasteiger partial charge in [-0.05, 0) is 6.92 Å². The summed E-state index contributed by atoms with van der Waals surface area (Å²) in [6.45, 7) is 1.48. The van der Waals surface area contributed by atoms with Crippen LogP contribution in [0.1, 0.15) is 16.2 Å². The minimum atomic E-state index is -1.13. The van der Waals surface area contributed by atoms with E-state index in [-0.39, 0.29) is 29.4 Å². The SMILES string of the molecule is Cc1nc(C(=O)O)cn(C)c1=O.Cl. The topological polar surface area (TPSA) is 72.2 Å². The first-order chi connectivity index (χ1) is 5.52. The number of nitrogens with zero attached hydrogens (tertiary/aromatic N) is 2. The average Bonchev–Trinajstić information content (AvgIpc) is 1.99. The molecular formula is C7H9ClN2O3. The number of rotatable bonds is 1. The van der Waals surface area contributed by atoms with Gasteiger partial charge in [0.25, 0.3) is 5.56 Å². The van der Waals surface area contributed by atoms with Crippen molar-refractivity contribution in [3.8, 4) is 0 Å². The van der Waals surface area contributed by atoms with Gasteiger partial charge in [-0.2, -0.15) is 0 Å². The second-order valence-corrected chi connectivity index (χ2v) is 2.43. The molecule has 0 spiro atoms. The molecule has 6 heteroatoms. The molecule has 0 radical (unpaired) electrons. The smallest absolute Gasteiger partial charge is 0.356 e. The predicted octanol–water partition coefficient (Wildman–Crippen LogP) is 0.209. The zero-order valence-electron chi connectivity index (χ0n) is 7.14. The molecule has 0 amide bonds. The van der Waals surface area contributed by atoms with Crippen molar-refractivity contribution in [2.75, 3.05) is 0 Å². The molecule has 0 aliphatic heterocycles. The number of aryl methyl sites for hydroxylation is 2. The van der Waals surface area contributed by atoms with Crippen molar-refractivity contribution in [1.29, 1.82) is 0 Å². The zero-order chi connectivity index (χ0) is 9.30. The number of carboxylic acid groups (broad SMARTS) is 1. The molecule has 0 fully saturated rings. The summed E-state index contributed by atoms with van der Waals surface area (Å²) in [5, 5.41) is 8.55. The standard InChI is InChI=1S/C7H8N2O3.ClH/c1-4-6(10)9(2)3-5(8-4)7(11)12;/h3H,1-2H3,(H,11,12);1H. The molecule has 0 unspecified atom stereocenters. The van der Waals surface area contributed by atoms with Crippen molar-refractivity contribution in [2.45, 2.75) is 6.92 Å². The number of hydrogen-bond donors (Lipinski definition) is 1. The van der Waals surface area contributed by atoms with Gasteiger partial charge in [-0.25, -0.2) is 9.78 Å². The fourth-order valence-corrected chi connectivity index (χ4v) is 0.858. The van der Waals surface area contributed by atoms with Crippen LogP contribution in [0, 0.1) is 6.92 Å². The first-order valence-corrected chi connectivity index (χ1v) is 3.30. The summed E-state index contributed by atoms with van der Waals surface area (Å²) < 4.78 is 1.20. The summed E-state index contributed by atoms with van der Waals surface area (Å²) in [6, 6.07) is 0. The van der Waals surface area contributed by atoms with Gasteiger partial charge >= 0.3 is 5.97 Å². The third kappa shape index (κ3) is 2.29. The monoisotopic (exact) mass is 204 g/mol. The summed E-state index contributed by atoms with van der Waals surface area (Å²) in [5.74, 6) is -1.13. The number of halogens is 1. The van der Waals surface area contributed by atoms with Crippen LogP contribution >= 0.6 is 12.4 Å². The lowest BCUT2D eigenvalue weighted by Gasteiger charge is -1.99. The van der Waals surface area contributed by atoms with Crippen LogP contribution in [0.4, 0.5) is 0 Å². The van der Waals surface area contributed by atoms with Gasteiger partial charge in [0.2, 0.25) is 0 Å². The van der Waals surface area contributed by atoms with E-state index in [4.69, 9.17) is 5.11 Å². The molecular weight excluding hydrogens is 196 g/mol. The van der Waals surface area contributed by atoms with Gasteiger partial charge in [-0.1, -0.05) is 0 Å². The summed E-state index contributed by atoms with van der Waals surface area (Å²) >= 11 is 0. The van der Waals surface area contributed by atoms with Gasteiger partial charge in [0, 0.05) is 13.2 Å². The summed E-state index contributed by atoms with van der Waals surface area (Å²) in [5.41, 5.74) is -0.202. The molecule has 0 bridgehead atoms. The van der Waals surface area contributed by atoms with E-state index >= 15 is 0 Å². The van der Waals surface area contributed by atoms with E-state index < -0.39 is 5.97 Å². The maximum absolute atomic E-state index is 11.1. The molecule has 0 aliphatic rings. The lowest BCUT2D eigenvalue weighted by atomic mass is 10.4. The molecule has 1 heterocycles. The first-order valence-electron chi connectivity index (χ1n) is 3.30. The third-order valence-electron chi connectivity index (χ3n) is 1.45. The Hall–Kier alpha value is -1.36. The van der Waals surface area contributed by atoms with E-state index in [9.17, 15) is 9.59 Å². The van der Waals surface area contributed by atoms with Crippen LogP contribution in [0.5, 0.6) is 0 Å². The quantitative estimate of drug-likeness (QED) is 0.710. The predicted molar refractivity (Wildman–Crippen MR) is 48.4 cm³/mol. The Morgan fingerprint density at radius 1 is 1.62 bits per heavy atom. The lowest BCUT2D eigenvalue weighted by molar-refractivity contribution is 0.0689. The molecule has 0 atom stereocenters. The van der Waals surface area contributed by atoms with E-state index in [0.717, 1.165) is 0 Å². The van der Waals surface area contributed by atoms with E-state index in [2.05, 4.69) is 4.98 Å². The van der Waals surface area contributed by atoms with Gasteiger partial charge < -0.3 is 9.67 Å². The number of carboxylic acids is 1. The highest BCUT2D eigenvalue weighted by molar-refractivity contribution is 5.85. The van der Waals surface area contributed by atoms with Crippen LogP contribution in [0.25, 0.3) is 0 Å². The Labute approximate surface area is 80.4 Å². The van der Waals surface area contributed by atoms with Crippen molar-refractivity contribution >= 4 is 18.4 Å². The minimum Gasteiger partial charge on any atom is -0.476 e. The highest BCUT2D eigenvalue weighted by atomic mass is 35.5. The molecule has 72 valence electrons. The molecule has 5 nitrogen and oxygen atoms in total. The van der Waals surface area contributed by atoms with Crippen molar-refractivity contribution in [2.24, 2.45) is 7.05 Å². The van der Waals surface area contributed by atoms with Crippen molar-refractivity contribution < 1.29 is 9.90 Å². The largest absolute Gasteiger partial charge is 0.476 e. The van der Waals surface area contributed by atoms with Gasteiger partial charge in [0.15, 0.2) is 5.69 Å². The van der Waals surface area contributed by atoms with E-state index in [1.54, 1.807) is 0 Å². The van der Waals surface area contributed by atoms with Gasteiger partial charge in [-0.15, -0.1) is 12.4 Å². The average molecular weight is 205 g/mol. The van der Waals surface area contributed by atoms with Crippen molar-refractivity contribution in [3.63, 3.8) is 0 Å². The van der Waals surface area contributed by atoms with E-state index in [0.29, 0.717) is 0 Å². The molecule has 1 N–H and O–H groups in total.